The first kappa shape index (κ1) is 21.2. The lowest BCUT2D eigenvalue weighted by molar-refractivity contribution is -0.118. The molecule has 33 heavy (non-hydrogen) atoms. The van der Waals surface area contributed by atoms with Gasteiger partial charge in [0.25, 0.3) is 0 Å². The molecule has 0 spiro atoms. The maximum absolute atomic E-state index is 13.4. The van der Waals surface area contributed by atoms with Crippen LogP contribution in [0.1, 0.15) is 43.9 Å². The molecule has 0 saturated carbocycles. The molecule has 7 heteroatoms. The number of benzene rings is 2. The molecule has 1 aliphatic heterocycles. The number of aryl methyl sites for hydroxylation is 1. The number of anilines is 1. The number of methoxy groups -OCH3 is 2. The molecule has 2 aromatic carbocycles. The minimum absolute atomic E-state index is 0.106. The first-order valence-corrected chi connectivity index (χ1v) is 11.1. The van der Waals surface area contributed by atoms with Crippen LogP contribution in [0.4, 0.5) is 5.95 Å². The second-order valence-electron chi connectivity index (χ2n) is 9.58. The molecule has 7 nitrogen and oxygen atoms in total. The number of ketones is 1. The first-order valence-electron chi connectivity index (χ1n) is 11.1. The number of carbonyl (C=O) groups excluding carboxylic acids is 1. The number of fused-ring (bicyclic) bond motifs is 1. The monoisotopic (exact) mass is 444 g/mol. The van der Waals surface area contributed by atoms with Crippen LogP contribution in [0.25, 0.3) is 11.4 Å². The zero-order valence-electron chi connectivity index (χ0n) is 19.6. The van der Waals surface area contributed by atoms with E-state index in [1.807, 2.05) is 28.9 Å². The number of hydrogen-bond donors (Lipinski definition) is 1. The summed E-state index contributed by atoms with van der Waals surface area (Å²) in [6.45, 7) is 6.32. The average molecular weight is 445 g/mol. The Hall–Kier alpha value is -3.61. The number of rotatable bonds is 4. The highest BCUT2D eigenvalue weighted by Gasteiger charge is 2.42. The summed E-state index contributed by atoms with van der Waals surface area (Å²) in [4.78, 5) is 18.2. The molecule has 1 aliphatic carbocycles. The molecule has 0 saturated heterocycles. The predicted molar refractivity (Wildman–Crippen MR) is 127 cm³/mol. The van der Waals surface area contributed by atoms with Crippen LogP contribution in [0.2, 0.25) is 0 Å². The van der Waals surface area contributed by atoms with Crippen LogP contribution < -0.4 is 14.8 Å². The molecule has 2 heterocycles. The number of Topliss-reactive ketones (excluding diaryl/α,β-unsaturated/α-hetero) is 1. The normalized spacial score (nSPS) is 18.9. The quantitative estimate of drug-likeness (QED) is 0.615. The Kier molecular flexibility index (Phi) is 5.00. The van der Waals surface area contributed by atoms with Gasteiger partial charge in [0.15, 0.2) is 11.6 Å². The summed E-state index contributed by atoms with van der Waals surface area (Å²) in [6.07, 6.45) is 1.30. The average Bonchev–Trinajstić information content (AvgIpc) is 3.20. The van der Waals surface area contributed by atoms with Crippen molar-refractivity contribution in [2.45, 2.75) is 39.7 Å². The van der Waals surface area contributed by atoms with E-state index >= 15 is 0 Å². The van der Waals surface area contributed by atoms with E-state index in [1.165, 1.54) is 0 Å². The van der Waals surface area contributed by atoms with Crippen molar-refractivity contribution in [2.24, 2.45) is 5.41 Å². The van der Waals surface area contributed by atoms with Crippen molar-refractivity contribution in [1.29, 1.82) is 0 Å². The van der Waals surface area contributed by atoms with Gasteiger partial charge in [-0.3, -0.25) is 4.79 Å². The Morgan fingerprint density at radius 1 is 1.06 bits per heavy atom. The van der Waals surface area contributed by atoms with Gasteiger partial charge >= 0.3 is 0 Å². The van der Waals surface area contributed by atoms with E-state index in [0.717, 1.165) is 34.4 Å². The summed E-state index contributed by atoms with van der Waals surface area (Å²) >= 11 is 0. The van der Waals surface area contributed by atoms with Gasteiger partial charge in [-0.15, -0.1) is 5.10 Å². The lowest BCUT2D eigenvalue weighted by Crippen LogP contribution is -2.36. The number of ether oxygens (including phenoxy) is 2. The Morgan fingerprint density at radius 3 is 2.45 bits per heavy atom. The SMILES string of the molecule is COc1cc(OC)cc(-c2nc3n(n2)[C@@H](c2cccc(C)c2)C2=C(CC(C)(C)CC2=O)N3)c1. The van der Waals surface area contributed by atoms with Crippen molar-refractivity contribution in [3.63, 3.8) is 0 Å². The van der Waals surface area contributed by atoms with Crippen molar-refractivity contribution in [3.8, 4) is 22.9 Å². The third kappa shape index (κ3) is 3.77. The van der Waals surface area contributed by atoms with Crippen molar-refractivity contribution in [2.75, 3.05) is 19.5 Å². The van der Waals surface area contributed by atoms with Crippen molar-refractivity contribution < 1.29 is 14.3 Å². The molecule has 1 N–H and O–H groups in total. The molecule has 170 valence electrons. The molecule has 1 atom stereocenters. The van der Waals surface area contributed by atoms with Crippen LogP contribution in [0, 0.1) is 12.3 Å². The van der Waals surface area contributed by atoms with E-state index < -0.39 is 0 Å². The van der Waals surface area contributed by atoms with Gasteiger partial charge in [-0.05, 0) is 36.5 Å². The summed E-state index contributed by atoms with van der Waals surface area (Å²) < 4.78 is 12.7. The van der Waals surface area contributed by atoms with Gasteiger partial charge in [0.05, 0.1) is 14.2 Å². The Labute approximate surface area is 193 Å². The van der Waals surface area contributed by atoms with Gasteiger partial charge in [-0.2, -0.15) is 4.98 Å². The fourth-order valence-electron chi connectivity index (χ4n) is 4.82. The van der Waals surface area contributed by atoms with Crippen LogP contribution in [-0.4, -0.2) is 34.8 Å². The molecular formula is C26H28N4O3. The summed E-state index contributed by atoms with van der Waals surface area (Å²) in [5.41, 5.74) is 4.56. The van der Waals surface area contributed by atoms with E-state index in [1.54, 1.807) is 14.2 Å². The molecule has 0 bridgehead atoms. The number of allylic oxidation sites excluding steroid dienone is 2. The largest absolute Gasteiger partial charge is 0.497 e. The molecule has 0 radical (unpaired) electrons. The van der Waals surface area contributed by atoms with Gasteiger partial charge < -0.3 is 14.8 Å². The molecule has 3 aromatic rings. The Balaban J connectivity index is 1.68. The van der Waals surface area contributed by atoms with E-state index in [2.05, 4.69) is 44.3 Å². The highest BCUT2D eigenvalue weighted by molar-refractivity contribution is 6.00. The minimum atomic E-state index is -0.325. The molecule has 0 amide bonds. The van der Waals surface area contributed by atoms with Crippen LogP contribution in [0.15, 0.2) is 53.7 Å². The molecule has 5 rings (SSSR count). The number of carbonyl (C=O) groups is 1. The smallest absolute Gasteiger partial charge is 0.226 e. The van der Waals surface area contributed by atoms with Crippen molar-refractivity contribution in [3.05, 3.63) is 64.9 Å². The summed E-state index contributed by atoms with van der Waals surface area (Å²) in [6, 6.07) is 13.5. The zero-order chi connectivity index (χ0) is 23.3. The fourth-order valence-corrected chi connectivity index (χ4v) is 4.82. The van der Waals surface area contributed by atoms with Gasteiger partial charge in [0, 0.05) is 29.3 Å². The number of nitrogens with zero attached hydrogens (tertiary/aromatic N) is 3. The Morgan fingerprint density at radius 2 is 1.79 bits per heavy atom. The fraction of sp³-hybridized carbons (Fsp3) is 0.346. The lowest BCUT2D eigenvalue weighted by atomic mass is 9.73. The number of hydrogen-bond acceptors (Lipinski definition) is 6. The first-order chi connectivity index (χ1) is 15.8. The molecular weight excluding hydrogens is 416 g/mol. The summed E-state index contributed by atoms with van der Waals surface area (Å²) in [7, 11) is 3.23. The van der Waals surface area contributed by atoms with Gasteiger partial charge in [0.2, 0.25) is 5.95 Å². The van der Waals surface area contributed by atoms with Gasteiger partial charge in [0.1, 0.15) is 17.5 Å². The second kappa shape index (κ2) is 7.76. The summed E-state index contributed by atoms with van der Waals surface area (Å²) in [5, 5.41) is 8.30. The molecule has 0 fully saturated rings. The van der Waals surface area contributed by atoms with Crippen molar-refractivity contribution >= 4 is 11.7 Å². The van der Waals surface area contributed by atoms with Crippen molar-refractivity contribution in [1.82, 2.24) is 14.8 Å². The van der Waals surface area contributed by atoms with E-state index in [0.29, 0.717) is 29.7 Å². The highest BCUT2D eigenvalue weighted by atomic mass is 16.5. The maximum Gasteiger partial charge on any atom is 0.226 e. The maximum atomic E-state index is 13.4. The minimum Gasteiger partial charge on any atom is -0.497 e. The zero-order valence-corrected chi connectivity index (χ0v) is 19.6. The molecule has 0 unspecified atom stereocenters. The van der Waals surface area contributed by atoms with Crippen LogP contribution >= 0.6 is 0 Å². The number of aromatic nitrogens is 3. The van der Waals surface area contributed by atoms with Gasteiger partial charge in [-0.1, -0.05) is 43.7 Å². The van der Waals surface area contributed by atoms with E-state index in [9.17, 15) is 4.79 Å². The lowest BCUT2D eigenvalue weighted by Gasteiger charge is -2.38. The topological polar surface area (TPSA) is 78.3 Å². The second-order valence-corrected chi connectivity index (χ2v) is 9.58. The van der Waals surface area contributed by atoms with E-state index in [-0.39, 0.29) is 17.2 Å². The Bertz CT molecular complexity index is 1270. The van der Waals surface area contributed by atoms with Gasteiger partial charge in [-0.25, -0.2) is 4.68 Å². The van der Waals surface area contributed by atoms with Crippen LogP contribution in [-0.2, 0) is 4.79 Å². The standard InChI is InChI=1S/C26H28N4O3/c1-15-7-6-8-16(9-15)23-22-20(13-26(2,3)14-21(22)31)27-25-28-24(29-30(23)25)17-10-18(32-4)12-19(11-17)33-5/h6-12,23H,13-14H2,1-5H3,(H,27,28,29)/t23-/m0/s1. The molecule has 1 aromatic heterocycles. The van der Waals surface area contributed by atoms with E-state index in [4.69, 9.17) is 19.6 Å². The summed E-state index contributed by atoms with van der Waals surface area (Å²) in [5.74, 6) is 2.65. The molecule has 2 aliphatic rings. The highest BCUT2D eigenvalue weighted by Crippen LogP contribution is 2.46. The van der Waals surface area contributed by atoms with Crippen LogP contribution in [0.3, 0.4) is 0 Å². The third-order valence-corrected chi connectivity index (χ3v) is 6.30. The predicted octanol–water partition coefficient (Wildman–Crippen LogP) is 4.93. The van der Waals surface area contributed by atoms with Crippen LogP contribution in [0.5, 0.6) is 11.5 Å². The number of nitrogens with one attached hydrogen (secondary N) is 1. The third-order valence-electron chi connectivity index (χ3n) is 6.30.